The first-order valence-corrected chi connectivity index (χ1v) is 7.61. The van der Waals surface area contributed by atoms with Crippen LogP contribution in [0.1, 0.15) is 34.2 Å². The number of rotatable bonds is 2. The third kappa shape index (κ3) is 2.60. The van der Waals surface area contributed by atoms with E-state index in [1.807, 2.05) is 39.1 Å². The maximum absolute atomic E-state index is 12.5. The molecule has 1 aliphatic rings. The lowest BCUT2D eigenvalue weighted by molar-refractivity contribution is -0.116. The summed E-state index contributed by atoms with van der Waals surface area (Å²) >= 11 is 0. The number of aryl methyl sites for hydroxylation is 2. The van der Waals surface area contributed by atoms with Crippen LogP contribution in [0.4, 0.5) is 11.4 Å². The smallest absolute Gasteiger partial charge is 0.259 e. The van der Waals surface area contributed by atoms with Crippen LogP contribution < -0.4 is 10.2 Å². The second-order valence-corrected chi connectivity index (χ2v) is 5.89. The van der Waals surface area contributed by atoms with Crippen molar-refractivity contribution in [1.29, 1.82) is 0 Å². The molecule has 1 N–H and O–H groups in total. The molecule has 0 unspecified atom stereocenters. The summed E-state index contributed by atoms with van der Waals surface area (Å²) in [6.45, 7) is 5.97. The van der Waals surface area contributed by atoms with Crippen molar-refractivity contribution in [2.24, 2.45) is 7.05 Å². The third-order valence-corrected chi connectivity index (χ3v) is 4.35. The minimum Gasteiger partial charge on any atom is -0.322 e. The molecule has 0 saturated heterocycles. The molecule has 0 radical (unpaired) electrons. The Balaban J connectivity index is 1.84. The summed E-state index contributed by atoms with van der Waals surface area (Å²) in [5, 5.41) is 7.20. The van der Waals surface area contributed by atoms with Gasteiger partial charge >= 0.3 is 0 Å². The maximum Gasteiger partial charge on any atom is 0.259 e. The molecule has 2 amide bonds. The van der Waals surface area contributed by atoms with Gasteiger partial charge in [0, 0.05) is 37.6 Å². The van der Waals surface area contributed by atoms with E-state index in [9.17, 15) is 9.59 Å². The van der Waals surface area contributed by atoms with E-state index in [0.29, 0.717) is 17.8 Å². The molecule has 6 heteroatoms. The normalized spacial score (nSPS) is 13.1. The van der Waals surface area contributed by atoms with Gasteiger partial charge in [-0.3, -0.25) is 14.3 Å². The Morgan fingerprint density at radius 1 is 1.26 bits per heavy atom. The molecule has 1 aromatic heterocycles. The maximum atomic E-state index is 12.5. The lowest BCUT2D eigenvalue weighted by Crippen LogP contribution is -2.25. The highest BCUT2D eigenvalue weighted by Crippen LogP contribution is 2.30. The van der Waals surface area contributed by atoms with Crippen molar-refractivity contribution in [3.05, 3.63) is 40.7 Å². The number of aromatic nitrogens is 2. The zero-order chi connectivity index (χ0) is 16.7. The molecular formula is C17H20N4O2. The van der Waals surface area contributed by atoms with Crippen LogP contribution in [0.5, 0.6) is 0 Å². The lowest BCUT2D eigenvalue weighted by atomic mass is 10.1. The first-order valence-electron chi connectivity index (χ1n) is 7.61. The Hall–Kier alpha value is -2.63. The zero-order valence-corrected chi connectivity index (χ0v) is 13.8. The summed E-state index contributed by atoms with van der Waals surface area (Å²) in [4.78, 5) is 25.9. The molecule has 120 valence electrons. The van der Waals surface area contributed by atoms with E-state index in [1.54, 1.807) is 16.5 Å². The second kappa shape index (κ2) is 5.53. The molecule has 2 heterocycles. The van der Waals surface area contributed by atoms with Gasteiger partial charge in [-0.25, -0.2) is 0 Å². The largest absolute Gasteiger partial charge is 0.322 e. The zero-order valence-electron chi connectivity index (χ0n) is 13.8. The van der Waals surface area contributed by atoms with E-state index in [0.717, 1.165) is 29.1 Å². The van der Waals surface area contributed by atoms with Gasteiger partial charge in [0.2, 0.25) is 5.91 Å². The predicted molar refractivity (Wildman–Crippen MR) is 88.8 cm³/mol. The Bertz CT molecular complexity index is 807. The Kier molecular flexibility index (Phi) is 3.67. The first-order chi connectivity index (χ1) is 10.9. The molecule has 0 fully saturated rings. The van der Waals surface area contributed by atoms with Gasteiger partial charge in [0.1, 0.15) is 0 Å². The van der Waals surface area contributed by atoms with Crippen LogP contribution in [-0.4, -0.2) is 28.1 Å². The second-order valence-electron chi connectivity index (χ2n) is 5.89. The molecule has 6 nitrogen and oxygen atoms in total. The summed E-state index contributed by atoms with van der Waals surface area (Å²) in [7, 11) is 1.82. The molecule has 1 aliphatic heterocycles. The van der Waals surface area contributed by atoms with Gasteiger partial charge in [0.05, 0.1) is 11.3 Å². The molecule has 1 aromatic carbocycles. The molecule has 0 saturated carbocycles. The van der Waals surface area contributed by atoms with Crippen molar-refractivity contribution >= 4 is 23.2 Å². The number of amides is 2. The van der Waals surface area contributed by atoms with Crippen LogP contribution in [0.3, 0.4) is 0 Å². The fourth-order valence-electron chi connectivity index (χ4n) is 3.10. The van der Waals surface area contributed by atoms with Crippen LogP contribution in [0.15, 0.2) is 18.2 Å². The van der Waals surface area contributed by atoms with Crippen LogP contribution in [0.25, 0.3) is 0 Å². The Labute approximate surface area is 135 Å². The standard InChI is InChI=1S/C17H20N4O2/c1-10-16(11(2)20(4)19-10)17(23)18-14-5-6-15-13(9-14)7-8-21(15)12(3)22/h5-6,9H,7-8H2,1-4H3,(H,18,23). The summed E-state index contributed by atoms with van der Waals surface area (Å²) in [6, 6.07) is 5.67. The molecule has 0 aliphatic carbocycles. The summed E-state index contributed by atoms with van der Waals surface area (Å²) in [5.74, 6) is -0.114. The van der Waals surface area contributed by atoms with Gasteiger partial charge in [-0.15, -0.1) is 0 Å². The molecule has 23 heavy (non-hydrogen) atoms. The van der Waals surface area contributed by atoms with E-state index < -0.39 is 0 Å². The molecule has 3 rings (SSSR count). The van der Waals surface area contributed by atoms with E-state index in [4.69, 9.17) is 0 Å². The Morgan fingerprint density at radius 2 is 2.00 bits per heavy atom. The summed E-state index contributed by atoms with van der Waals surface area (Å²) in [6.07, 6.45) is 0.809. The number of anilines is 2. The van der Waals surface area contributed by atoms with Gasteiger partial charge in [-0.05, 0) is 44.0 Å². The Morgan fingerprint density at radius 3 is 2.61 bits per heavy atom. The summed E-state index contributed by atoms with van der Waals surface area (Å²) < 4.78 is 1.71. The SMILES string of the molecule is CC(=O)N1CCc2cc(NC(=O)c3c(C)nn(C)c3C)ccc21. The quantitative estimate of drug-likeness (QED) is 0.924. The van der Waals surface area contributed by atoms with Crippen molar-refractivity contribution in [2.75, 3.05) is 16.8 Å². The number of fused-ring (bicyclic) bond motifs is 1. The molecule has 0 spiro atoms. The number of hydrogen-bond donors (Lipinski definition) is 1. The van der Waals surface area contributed by atoms with E-state index >= 15 is 0 Å². The van der Waals surface area contributed by atoms with Gasteiger partial charge in [-0.1, -0.05) is 0 Å². The fraction of sp³-hybridized carbons (Fsp3) is 0.353. The number of nitrogens with one attached hydrogen (secondary N) is 1. The van der Waals surface area contributed by atoms with Crippen LogP contribution >= 0.6 is 0 Å². The molecular weight excluding hydrogens is 292 g/mol. The topological polar surface area (TPSA) is 67.2 Å². The highest BCUT2D eigenvalue weighted by atomic mass is 16.2. The number of benzene rings is 1. The van der Waals surface area contributed by atoms with E-state index in [1.165, 1.54) is 0 Å². The number of carbonyl (C=O) groups excluding carboxylic acids is 2. The van der Waals surface area contributed by atoms with Gasteiger partial charge in [-0.2, -0.15) is 5.10 Å². The summed E-state index contributed by atoms with van der Waals surface area (Å²) in [5.41, 5.74) is 4.91. The monoisotopic (exact) mass is 312 g/mol. The van der Waals surface area contributed by atoms with Gasteiger partial charge < -0.3 is 10.2 Å². The number of carbonyl (C=O) groups is 2. The predicted octanol–water partition coefficient (Wildman–Crippen LogP) is 2.20. The minimum atomic E-state index is -0.158. The lowest BCUT2D eigenvalue weighted by Gasteiger charge is -2.15. The van der Waals surface area contributed by atoms with Gasteiger partial charge in [0.25, 0.3) is 5.91 Å². The van der Waals surface area contributed by atoms with Crippen molar-refractivity contribution in [3.63, 3.8) is 0 Å². The number of hydrogen-bond acceptors (Lipinski definition) is 3. The first kappa shape index (κ1) is 15.3. The number of nitrogens with zero attached hydrogens (tertiary/aromatic N) is 3. The van der Waals surface area contributed by atoms with Crippen molar-refractivity contribution in [2.45, 2.75) is 27.2 Å². The highest BCUT2D eigenvalue weighted by molar-refractivity contribution is 6.06. The van der Waals surface area contributed by atoms with E-state index in [-0.39, 0.29) is 11.8 Å². The average molecular weight is 312 g/mol. The van der Waals surface area contributed by atoms with E-state index in [2.05, 4.69) is 10.4 Å². The average Bonchev–Trinajstić information content (AvgIpc) is 3.00. The molecule has 2 aromatic rings. The van der Waals surface area contributed by atoms with Crippen LogP contribution in [-0.2, 0) is 18.3 Å². The highest BCUT2D eigenvalue weighted by Gasteiger charge is 2.23. The van der Waals surface area contributed by atoms with Crippen LogP contribution in [0, 0.1) is 13.8 Å². The fourth-order valence-corrected chi connectivity index (χ4v) is 3.10. The van der Waals surface area contributed by atoms with Crippen molar-refractivity contribution in [3.8, 4) is 0 Å². The van der Waals surface area contributed by atoms with Crippen molar-refractivity contribution in [1.82, 2.24) is 9.78 Å². The van der Waals surface area contributed by atoms with Crippen molar-refractivity contribution < 1.29 is 9.59 Å². The third-order valence-electron chi connectivity index (χ3n) is 4.35. The minimum absolute atomic E-state index is 0.0437. The van der Waals surface area contributed by atoms with Gasteiger partial charge in [0.15, 0.2) is 0 Å². The molecule has 0 bridgehead atoms. The molecule has 0 atom stereocenters. The van der Waals surface area contributed by atoms with Crippen LogP contribution in [0.2, 0.25) is 0 Å².